The molecule has 0 saturated heterocycles. The molecule has 4 heterocycles. The Labute approximate surface area is 193 Å². The number of hydrogen-bond acceptors (Lipinski definition) is 10. The maximum Gasteiger partial charge on any atom is 0.231 e. The number of rotatable bonds is 9. The van der Waals surface area contributed by atoms with E-state index in [0.29, 0.717) is 28.7 Å². The van der Waals surface area contributed by atoms with Crippen LogP contribution in [0.15, 0.2) is 45.4 Å². The Bertz CT molecular complexity index is 1290. The minimum atomic E-state index is 0.188. The number of nitrogen functional groups attached to an aromatic ring is 1. The lowest BCUT2D eigenvalue weighted by Crippen LogP contribution is -2.17. The van der Waals surface area contributed by atoms with Gasteiger partial charge in [-0.3, -0.25) is 0 Å². The summed E-state index contributed by atoms with van der Waals surface area (Å²) < 4.78 is 18.9. The summed E-state index contributed by atoms with van der Waals surface area (Å²) in [6.45, 7) is 1.99. The summed E-state index contributed by atoms with van der Waals surface area (Å²) in [5.41, 5.74) is 8.27. The van der Waals surface area contributed by atoms with Crippen molar-refractivity contribution in [1.82, 2.24) is 29.8 Å². The third-order valence-corrected chi connectivity index (χ3v) is 6.73. The Hall–Kier alpha value is -3.31. The van der Waals surface area contributed by atoms with Crippen molar-refractivity contribution in [3.8, 4) is 23.0 Å². The van der Waals surface area contributed by atoms with Crippen LogP contribution in [0.1, 0.15) is 25.7 Å². The number of anilines is 1. The normalized spacial score (nSPS) is 14.9. The Morgan fingerprint density at radius 1 is 1.12 bits per heavy atom. The van der Waals surface area contributed by atoms with Gasteiger partial charge in [-0.05, 0) is 44.4 Å². The van der Waals surface area contributed by atoms with Crippen molar-refractivity contribution in [2.24, 2.45) is 0 Å². The average molecular weight is 466 g/mol. The molecule has 10 nitrogen and oxygen atoms in total. The van der Waals surface area contributed by atoms with Gasteiger partial charge >= 0.3 is 0 Å². The van der Waals surface area contributed by atoms with Gasteiger partial charge in [-0.15, -0.1) is 0 Å². The third-order valence-electron chi connectivity index (χ3n) is 5.68. The van der Waals surface area contributed by atoms with E-state index in [-0.39, 0.29) is 6.79 Å². The van der Waals surface area contributed by atoms with Crippen LogP contribution in [-0.2, 0) is 6.54 Å². The highest BCUT2D eigenvalue weighted by Gasteiger charge is 2.24. The third kappa shape index (κ3) is 4.09. The largest absolute Gasteiger partial charge is 0.454 e. The summed E-state index contributed by atoms with van der Waals surface area (Å²) >= 11 is 1.50. The van der Waals surface area contributed by atoms with Crippen molar-refractivity contribution in [1.29, 1.82) is 0 Å². The van der Waals surface area contributed by atoms with Gasteiger partial charge in [0.25, 0.3) is 0 Å². The van der Waals surface area contributed by atoms with Gasteiger partial charge in [-0.25, -0.2) is 19.9 Å². The molecule has 33 heavy (non-hydrogen) atoms. The summed E-state index contributed by atoms with van der Waals surface area (Å²) in [7, 11) is 0. The number of nitrogens with two attached hydrogens (primary N) is 1. The molecule has 1 saturated carbocycles. The van der Waals surface area contributed by atoms with Crippen LogP contribution in [0.5, 0.6) is 11.5 Å². The zero-order valence-electron chi connectivity index (χ0n) is 17.9. The van der Waals surface area contributed by atoms with Crippen molar-refractivity contribution >= 4 is 28.7 Å². The second-order valence-electron chi connectivity index (χ2n) is 8.05. The first-order valence-electron chi connectivity index (χ1n) is 11.0. The molecule has 0 unspecified atom stereocenters. The van der Waals surface area contributed by atoms with E-state index in [1.54, 1.807) is 12.5 Å². The van der Waals surface area contributed by atoms with Crippen molar-refractivity contribution in [2.75, 3.05) is 19.1 Å². The van der Waals surface area contributed by atoms with Crippen LogP contribution in [0.4, 0.5) is 5.82 Å². The number of fused-ring (bicyclic) bond motifs is 2. The van der Waals surface area contributed by atoms with Crippen LogP contribution >= 0.6 is 11.8 Å². The minimum Gasteiger partial charge on any atom is -0.454 e. The van der Waals surface area contributed by atoms with E-state index in [1.807, 2.05) is 12.1 Å². The van der Waals surface area contributed by atoms with Crippen LogP contribution in [-0.4, -0.2) is 43.9 Å². The Balaban J connectivity index is 1.33. The Kier molecular flexibility index (Phi) is 5.27. The van der Waals surface area contributed by atoms with Crippen molar-refractivity contribution in [2.45, 2.75) is 48.3 Å². The lowest BCUT2D eigenvalue weighted by atomic mass is 10.2. The second kappa shape index (κ2) is 8.56. The number of aromatic nitrogens is 5. The summed E-state index contributed by atoms with van der Waals surface area (Å²) in [5, 5.41) is 4.34. The summed E-state index contributed by atoms with van der Waals surface area (Å²) in [4.78, 5) is 18.6. The second-order valence-corrected chi connectivity index (χ2v) is 9.06. The number of ether oxygens (including phenoxy) is 2. The van der Waals surface area contributed by atoms with Crippen molar-refractivity contribution in [3.63, 3.8) is 0 Å². The maximum atomic E-state index is 6.12. The maximum absolute atomic E-state index is 6.12. The molecule has 0 amide bonds. The van der Waals surface area contributed by atoms with E-state index in [0.717, 1.165) is 53.2 Å². The quantitative estimate of drug-likeness (QED) is 0.355. The van der Waals surface area contributed by atoms with Crippen LogP contribution in [0.3, 0.4) is 0 Å². The molecule has 3 N–H and O–H groups in total. The molecular weight excluding hydrogens is 442 g/mol. The number of nitrogens with zero attached hydrogens (tertiary/aromatic N) is 5. The fourth-order valence-corrected chi connectivity index (χ4v) is 4.88. The van der Waals surface area contributed by atoms with Gasteiger partial charge in [0.05, 0.1) is 11.8 Å². The molecule has 6 rings (SSSR count). The monoisotopic (exact) mass is 465 g/mol. The van der Waals surface area contributed by atoms with Gasteiger partial charge in [0.2, 0.25) is 12.7 Å². The molecule has 1 fully saturated rings. The first-order valence-corrected chi connectivity index (χ1v) is 11.8. The van der Waals surface area contributed by atoms with Gasteiger partial charge in [0.15, 0.2) is 33.6 Å². The Morgan fingerprint density at radius 2 is 2.00 bits per heavy atom. The van der Waals surface area contributed by atoms with Gasteiger partial charge in [-0.2, -0.15) is 0 Å². The first kappa shape index (κ1) is 20.3. The molecule has 0 atom stereocenters. The molecule has 2 aliphatic rings. The molecule has 0 spiro atoms. The minimum absolute atomic E-state index is 0.188. The Morgan fingerprint density at radius 3 is 2.82 bits per heavy atom. The number of oxazole rings is 1. The van der Waals surface area contributed by atoms with E-state index >= 15 is 0 Å². The highest BCUT2D eigenvalue weighted by molar-refractivity contribution is 7.99. The van der Waals surface area contributed by atoms with E-state index in [2.05, 4.69) is 24.8 Å². The van der Waals surface area contributed by atoms with Gasteiger partial charge < -0.3 is 29.5 Å². The van der Waals surface area contributed by atoms with Crippen molar-refractivity contribution in [3.05, 3.63) is 30.9 Å². The number of aryl methyl sites for hydroxylation is 1. The fraction of sp³-hybridized carbons (Fsp3) is 0.364. The molecule has 0 radical (unpaired) electrons. The standard InChI is InChI=1S/C22H23N7O3S/c23-19-18-20(27-11-26-19)29(7-2-1-5-24-13-3-4-13)22(28-18)33-17-10-16-15(31-12-32-16)9-14(17)21-25-6-8-30-21/h6,8-11,13,24H,1-5,7,12H2,(H2,23,26,27). The van der Waals surface area contributed by atoms with E-state index in [9.17, 15) is 0 Å². The predicted molar refractivity (Wildman–Crippen MR) is 122 cm³/mol. The van der Waals surface area contributed by atoms with E-state index in [1.165, 1.54) is 30.9 Å². The highest BCUT2D eigenvalue weighted by Crippen LogP contribution is 2.44. The van der Waals surface area contributed by atoms with Crippen molar-refractivity contribution < 1.29 is 13.9 Å². The molecule has 1 aromatic carbocycles. The number of unbranched alkanes of at least 4 members (excludes halogenated alkanes) is 1. The molecular formula is C22H23N7O3S. The molecule has 0 bridgehead atoms. The fourth-order valence-electron chi connectivity index (χ4n) is 3.83. The highest BCUT2D eigenvalue weighted by atomic mass is 32.2. The molecule has 11 heteroatoms. The number of nitrogens with one attached hydrogen (secondary N) is 1. The van der Waals surface area contributed by atoms with E-state index < -0.39 is 0 Å². The van der Waals surface area contributed by atoms with Crippen LogP contribution in [0, 0.1) is 0 Å². The zero-order chi connectivity index (χ0) is 22.2. The molecule has 4 aromatic rings. The summed E-state index contributed by atoms with van der Waals surface area (Å²) in [6, 6.07) is 4.55. The molecule has 1 aliphatic heterocycles. The molecule has 3 aromatic heterocycles. The van der Waals surface area contributed by atoms with Gasteiger partial charge in [0.1, 0.15) is 12.6 Å². The van der Waals surface area contributed by atoms with Crippen LogP contribution in [0.2, 0.25) is 0 Å². The average Bonchev–Trinajstić information content (AvgIpc) is 3.18. The van der Waals surface area contributed by atoms with Gasteiger partial charge in [-0.1, -0.05) is 11.8 Å². The lowest BCUT2D eigenvalue weighted by molar-refractivity contribution is 0.174. The lowest BCUT2D eigenvalue weighted by Gasteiger charge is -2.11. The topological polar surface area (TPSA) is 126 Å². The number of hydrogen-bond donors (Lipinski definition) is 2. The van der Waals surface area contributed by atoms with Crippen LogP contribution in [0.25, 0.3) is 22.6 Å². The smallest absolute Gasteiger partial charge is 0.231 e. The zero-order valence-corrected chi connectivity index (χ0v) is 18.7. The molecule has 1 aliphatic carbocycles. The first-order chi connectivity index (χ1) is 16.3. The summed E-state index contributed by atoms with van der Waals surface area (Å²) in [5.74, 6) is 2.22. The SMILES string of the molecule is Nc1ncnc2c1nc(Sc1cc3c(cc1-c1ncco1)OCO3)n2CCCCNC1CC1. The van der Waals surface area contributed by atoms with Gasteiger partial charge in [0, 0.05) is 17.5 Å². The number of benzene rings is 1. The van der Waals surface area contributed by atoms with E-state index in [4.69, 9.17) is 24.6 Å². The number of imidazole rings is 1. The predicted octanol–water partition coefficient (Wildman–Crippen LogP) is 3.48. The molecule has 170 valence electrons. The van der Waals surface area contributed by atoms with Crippen LogP contribution < -0.4 is 20.5 Å². The summed E-state index contributed by atoms with van der Waals surface area (Å²) in [6.07, 6.45) is 9.32.